The lowest BCUT2D eigenvalue weighted by molar-refractivity contribution is -0.137. The van der Waals surface area contributed by atoms with E-state index in [2.05, 4.69) is 0 Å². The normalized spacial score (nSPS) is 19.9. The van der Waals surface area contributed by atoms with Crippen molar-refractivity contribution in [3.8, 4) is 0 Å². The summed E-state index contributed by atoms with van der Waals surface area (Å²) in [6.45, 7) is 4.37. The summed E-state index contributed by atoms with van der Waals surface area (Å²) in [5.41, 5.74) is 7.84. The van der Waals surface area contributed by atoms with Gasteiger partial charge in [-0.2, -0.15) is 0 Å². The smallest absolute Gasteiger partial charge is 0.227 e. The van der Waals surface area contributed by atoms with Crippen LogP contribution in [0.5, 0.6) is 0 Å². The average molecular weight is 248 g/mol. The lowest BCUT2D eigenvalue weighted by atomic mass is 10.1. The van der Waals surface area contributed by atoms with Crippen molar-refractivity contribution >= 4 is 5.91 Å². The molecule has 0 bridgehead atoms. The van der Waals surface area contributed by atoms with Crippen LogP contribution < -0.4 is 5.73 Å². The van der Waals surface area contributed by atoms with E-state index in [1.165, 1.54) is 5.56 Å². The van der Waals surface area contributed by atoms with Gasteiger partial charge in [-0.15, -0.1) is 0 Å². The van der Waals surface area contributed by atoms with Crippen molar-refractivity contribution in [1.82, 2.24) is 4.90 Å². The highest BCUT2D eigenvalue weighted by atomic mass is 16.5. The molecule has 2 N–H and O–H groups in total. The third-order valence-corrected chi connectivity index (χ3v) is 3.23. The van der Waals surface area contributed by atoms with Gasteiger partial charge >= 0.3 is 0 Å². The lowest BCUT2D eigenvalue weighted by Gasteiger charge is -2.32. The topological polar surface area (TPSA) is 55.6 Å². The van der Waals surface area contributed by atoms with Crippen molar-refractivity contribution in [3.63, 3.8) is 0 Å². The Hall–Kier alpha value is -1.39. The van der Waals surface area contributed by atoms with Crippen molar-refractivity contribution in [2.75, 3.05) is 26.2 Å². The Balaban J connectivity index is 1.93. The molecule has 1 saturated heterocycles. The summed E-state index contributed by atoms with van der Waals surface area (Å²) in [7, 11) is 0. The molecule has 0 spiro atoms. The number of hydrogen-bond acceptors (Lipinski definition) is 3. The van der Waals surface area contributed by atoms with Gasteiger partial charge in [0, 0.05) is 19.6 Å². The maximum atomic E-state index is 12.1. The number of aryl methyl sites for hydroxylation is 1. The zero-order valence-corrected chi connectivity index (χ0v) is 10.8. The Morgan fingerprint density at radius 3 is 2.83 bits per heavy atom. The molecule has 4 nitrogen and oxygen atoms in total. The van der Waals surface area contributed by atoms with E-state index in [0.29, 0.717) is 32.7 Å². The predicted octanol–water partition coefficient (Wildman–Crippen LogP) is 0.724. The Labute approximate surface area is 108 Å². The first-order chi connectivity index (χ1) is 8.69. The number of carbonyl (C=O) groups is 1. The number of ether oxygens (including phenoxy) is 1. The average Bonchev–Trinajstić information content (AvgIpc) is 2.41. The quantitative estimate of drug-likeness (QED) is 0.857. The predicted molar refractivity (Wildman–Crippen MR) is 70.3 cm³/mol. The van der Waals surface area contributed by atoms with E-state index < -0.39 is 0 Å². The van der Waals surface area contributed by atoms with E-state index in [-0.39, 0.29) is 12.0 Å². The van der Waals surface area contributed by atoms with Crippen LogP contribution in [0.2, 0.25) is 0 Å². The largest absolute Gasteiger partial charge is 0.373 e. The second kappa shape index (κ2) is 5.98. The molecular formula is C14H20N2O2. The second-order valence-electron chi connectivity index (χ2n) is 4.73. The van der Waals surface area contributed by atoms with E-state index in [0.717, 1.165) is 5.56 Å². The molecule has 1 unspecified atom stereocenters. The summed E-state index contributed by atoms with van der Waals surface area (Å²) in [5, 5.41) is 0. The second-order valence-corrected chi connectivity index (χ2v) is 4.73. The number of rotatable bonds is 3. The van der Waals surface area contributed by atoms with Crippen LogP contribution in [0.3, 0.4) is 0 Å². The molecular weight excluding hydrogens is 228 g/mol. The van der Waals surface area contributed by atoms with Gasteiger partial charge < -0.3 is 15.4 Å². The fraction of sp³-hybridized carbons (Fsp3) is 0.500. The van der Waals surface area contributed by atoms with Gasteiger partial charge in [-0.1, -0.05) is 29.8 Å². The van der Waals surface area contributed by atoms with Crippen molar-refractivity contribution < 1.29 is 9.53 Å². The molecule has 1 amide bonds. The molecule has 0 radical (unpaired) electrons. The van der Waals surface area contributed by atoms with E-state index in [1.54, 1.807) is 0 Å². The summed E-state index contributed by atoms with van der Waals surface area (Å²) < 4.78 is 5.45. The minimum atomic E-state index is -0.0132. The van der Waals surface area contributed by atoms with Gasteiger partial charge in [-0.05, 0) is 12.5 Å². The van der Waals surface area contributed by atoms with Gasteiger partial charge in [0.1, 0.15) is 0 Å². The van der Waals surface area contributed by atoms with Crippen LogP contribution in [-0.4, -0.2) is 43.2 Å². The number of nitrogens with two attached hydrogens (primary N) is 1. The SMILES string of the molecule is Cc1ccc(CC(=O)N2CCOC(CN)C2)cc1. The fourth-order valence-corrected chi connectivity index (χ4v) is 2.08. The molecule has 0 aliphatic carbocycles. The van der Waals surface area contributed by atoms with Gasteiger partial charge in [0.15, 0.2) is 0 Å². The molecule has 1 heterocycles. The van der Waals surface area contributed by atoms with Crippen LogP contribution in [0, 0.1) is 6.92 Å². The van der Waals surface area contributed by atoms with Gasteiger partial charge in [0.05, 0.1) is 19.1 Å². The van der Waals surface area contributed by atoms with Crippen LogP contribution in [0.25, 0.3) is 0 Å². The maximum Gasteiger partial charge on any atom is 0.227 e. The van der Waals surface area contributed by atoms with Crippen LogP contribution in [0.15, 0.2) is 24.3 Å². The summed E-state index contributed by atoms with van der Waals surface area (Å²) >= 11 is 0. The van der Waals surface area contributed by atoms with Crippen molar-refractivity contribution in [3.05, 3.63) is 35.4 Å². The zero-order valence-electron chi connectivity index (χ0n) is 10.8. The van der Waals surface area contributed by atoms with E-state index >= 15 is 0 Å². The van der Waals surface area contributed by atoms with Crippen LogP contribution in [-0.2, 0) is 16.0 Å². The number of amides is 1. The standard InChI is InChI=1S/C14H20N2O2/c1-11-2-4-12(5-3-11)8-14(17)16-6-7-18-13(9-15)10-16/h2-5,13H,6-10,15H2,1H3. The number of morpholine rings is 1. The number of nitrogens with zero attached hydrogens (tertiary/aromatic N) is 1. The Morgan fingerprint density at radius 2 is 2.17 bits per heavy atom. The minimum absolute atomic E-state index is 0.0132. The van der Waals surface area contributed by atoms with Gasteiger partial charge in [0.2, 0.25) is 5.91 Å². The van der Waals surface area contributed by atoms with E-state index in [4.69, 9.17) is 10.5 Å². The molecule has 4 heteroatoms. The summed E-state index contributed by atoms with van der Waals surface area (Å²) in [5.74, 6) is 0.153. The molecule has 0 aromatic heterocycles. The van der Waals surface area contributed by atoms with Gasteiger partial charge in [0.25, 0.3) is 0 Å². The fourth-order valence-electron chi connectivity index (χ4n) is 2.08. The highest BCUT2D eigenvalue weighted by Crippen LogP contribution is 2.09. The lowest BCUT2D eigenvalue weighted by Crippen LogP contribution is -2.48. The third-order valence-electron chi connectivity index (χ3n) is 3.23. The molecule has 1 aliphatic heterocycles. The van der Waals surface area contributed by atoms with Crippen molar-refractivity contribution in [2.45, 2.75) is 19.4 Å². The molecule has 1 aromatic carbocycles. The third kappa shape index (κ3) is 3.31. The Kier molecular flexibility index (Phi) is 4.33. The number of carbonyl (C=O) groups excluding carboxylic acids is 1. The van der Waals surface area contributed by atoms with E-state index in [9.17, 15) is 4.79 Å². The highest BCUT2D eigenvalue weighted by Gasteiger charge is 2.23. The van der Waals surface area contributed by atoms with Crippen LogP contribution in [0.1, 0.15) is 11.1 Å². The van der Waals surface area contributed by atoms with Crippen molar-refractivity contribution in [2.24, 2.45) is 5.73 Å². The van der Waals surface area contributed by atoms with Crippen molar-refractivity contribution in [1.29, 1.82) is 0 Å². The Bertz CT molecular complexity index is 403. The monoisotopic (exact) mass is 248 g/mol. The molecule has 1 atom stereocenters. The summed E-state index contributed by atoms with van der Waals surface area (Å²) in [4.78, 5) is 14.0. The number of hydrogen-bond donors (Lipinski definition) is 1. The minimum Gasteiger partial charge on any atom is -0.373 e. The van der Waals surface area contributed by atoms with E-state index in [1.807, 2.05) is 36.1 Å². The first kappa shape index (κ1) is 13.1. The summed E-state index contributed by atoms with van der Waals surface area (Å²) in [6.07, 6.45) is 0.443. The Morgan fingerprint density at radius 1 is 1.44 bits per heavy atom. The molecule has 0 saturated carbocycles. The van der Waals surface area contributed by atoms with Gasteiger partial charge in [-0.3, -0.25) is 4.79 Å². The summed E-state index contributed by atoms with van der Waals surface area (Å²) in [6, 6.07) is 8.08. The molecule has 2 rings (SSSR count). The zero-order chi connectivity index (χ0) is 13.0. The maximum absolute atomic E-state index is 12.1. The first-order valence-corrected chi connectivity index (χ1v) is 6.34. The molecule has 98 valence electrons. The molecule has 1 fully saturated rings. The van der Waals surface area contributed by atoms with Gasteiger partial charge in [-0.25, -0.2) is 0 Å². The van der Waals surface area contributed by atoms with Crippen LogP contribution >= 0.6 is 0 Å². The molecule has 1 aromatic rings. The molecule has 1 aliphatic rings. The van der Waals surface area contributed by atoms with Crippen LogP contribution in [0.4, 0.5) is 0 Å². The highest BCUT2D eigenvalue weighted by molar-refractivity contribution is 5.78. The number of benzene rings is 1. The first-order valence-electron chi connectivity index (χ1n) is 6.34. The molecule has 18 heavy (non-hydrogen) atoms.